The lowest BCUT2D eigenvalue weighted by Gasteiger charge is -2.28. The van der Waals surface area contributed by atoms with Gasteiger partial charge in [-0.05, 0) is 37.8 Å². The molecule has 0 aromatic heterocycles. The van der Waals surface area contributed by atoms with Gasteiger partial charge in [-0.3, -0.25) is 0 Å². The summed E-state index contributed by atoms with van der Waals surface area (Å²) in [5.41, 5.74) is 2.36. The number of rotatable bonds is 5. The molecule has 0 bridgehead atoms. The number of aliphatic hydroxyl groups is 1. The molecule has 1 aromatic carbocycles. The maximum absolute atomic E-state index is 9.87. The van der Waals surface area contributed by atoms with E-state index in [1.54, 1.807) is 0 Å². The molecule has 4 heteroatoms. The maximum atomic E-state index is 9.87. The molecule has 0 aliphatic heterocycles. The van der Waals surface area contributed by atoms with E-state index in [9.17, 15) is 5.11 Å². The summed E-state index contributed by atoms with van der Waals surface area (Å²) in [6.45, 7) is 5.58. The van der Waals surface area contributed by atoms with E-state index in [0.29, 0.717) is 6.61 Å². The third-order valence-electron chi connectivity index (χ3n) is 3.89. The first-order chi connectivity index (χ1) is 9.18. The van der Waals surface area contributed by atoms with E-state index in [4.69, 9.17) is 4.74 Å². The van der Waals surface area contributed by atoms with Crippen LogP contribution in [0.25, 0.3) is 0 Å². The predicted molar refractivity (Wildman–Crippen MR) is 84.9 cm³/mol. The van der Waals surface area contributed by atoms with Gasteiger partial charge in [0.2, 0.25) is 0 Å². The van der Waals surface area contributed by atoms with Crippen LogP contribution in [0.5, 0.6) is 5.75 Å². The van der Waals surface area contributed by atoms with Crippen molar-refractivity contribution >= 4 is 12.4 Å². The third-order valence-corrected chi connectivity index (χ3v) is 3.89. The number of benzene rings is 1. The second kappa shape index (κ2) is 8.50. The number of halogens is 1. The first-order valence-corrected chi connectivity index (χ1v) is 7.29. The Balaban J connectivity index is 0.00000200. The maximum Gasteiger partial charge on any atom is 0.125 e. The summed E-state index contributed by atoms with van der Waals surface area (Å²) in [7, 11) is 0. The monoisotopic (exact) mass is 299 g/mol. The van der Waals surface area contributed by atoms with Crippen molar-refractivity contribution in [2.75, 3.05) is 13.2 Å². The highest BCUT2D eigenvalue weighted by Crippen LogP contribution is 2.22. The molecule has 1 aliphatic carbocycles. The molecule has 0 spiro atoms. The molecule has 114 valence electrons. The zero-order chi connectivity index (χ0) is 13.7. The molecule has 3 nitrogen and oxygen atoms in total. The van der Waals surface area contributed by atoms with Gasteiger partial charge in [0, 0.05) is 12.6 Å². The Hall–Kier alpha value is -0.770. The van der Waals surface area contributed by atoms with Gasteiger partial charge in [0.25, 0.3) is 0 Å². The number of nitrogens with one attached hydrogen (secondary N) is 1. The van der Waals surface area contributed by atoms with Crippen molar-refractivity contribution in [3.05, 3.63) is 29.3 Å². The smallest absolute Gasteiger partial charge is 0.125 e. The van der Waals surface area contributed by atoms with Crippen LogP contribution in [0, 0.1) is 13.8 Å². The van der Waals surface area contributed by atoms with Gasteiger partial charge >= 0.3 is 0 Å². The highest BCUT2D eigenvalue weighted by atomic mass is 35.5. The molecule has 2 atom stereocenters. The quantitative estimate of drug-likeness (QED) is 0.821. The van der Waals surface area contributed by atoms with E-state index in [1.807, 2.05) is 6.07 Å². The van der Waals surface area contributed by atoms with Gasteiger partial charge < -0.3 is 15.2 Å². The Labute approximate surface area is 128 Å². The summed E-state index contributed by atoms with van der Waals surface area (Å²) in [5.74, 6) is 0.994. The van der Waals surface area contributed by atoms with Crippen LogP contribution in [0.2, 0.25) is 0 Å². The topological polar surface area (TPSA) is 41.5 Å². The lowest BCUT2D eigenvalue weighted by Crippen LogP contribution is -2.43. The number of hydrogen-bond donors (Lipinski definition) is 2. The van der Waals surface area contributed by atoms with Gasteiger partial charge in [-0.15, -0.1) is 12.4 Å². The summed E-state index contributed by atoms with van der Waals surface area (Å²) >= 11 is 0. The van der Waals surface area contributed by atoms with Gasteiger partial charge in [-0.2, -0.15) is 0 Å². The molecular weight excluding hydrogens is 274 g/mol. The Kier molecular flexibility index (Phi) is 7.35. The summed E-state index contributed by atoms with van der Waals surface area (Å²) in [6, 6.07) is 6.44. The van der Waals surface area contributed by atoms with E-state index in [2.05, 4.69) is 31.3 Å². The van der Waals surface area contributed by atoms with Crippen LogP contribution in [0.4, 0.5) is 0 Å². The highest BCUT2D eigenvalue weighted by molar-refractivity contribution is 5.85. The second-order valence-corrected chi connectivity index (χ2v) is 5.48. The molecule has 20 heavy (non-hydrogen) atoms. The number of hydrogen-bond acceptors (Lipinski definition) is 3. The lowest BCUT2D eigenvalue weighted by molar-refractivity contribution is 0.0890. The standard InChI is InChI=1S/C16H25NO2.ClH/c1-12-6-5-7-13(2)16(12)19-11-10-17-14-8-3-4-9-15(14)18;/h5-7,14-15,17-18H,3-4,8-11H2,1-2H3;1H/t14-,15-;/m1./s1. The molecule has 0 saturated heterocycles. The predicted octanol–water partition coefficient (Wildman–Crippen LogP) is 3.00. The molecule has 1 saturated carbocycles. The van der Waals surface area contributed by atoms with E-state index in [0.717, 1.165) is 31.6 Å². The molecule has 0 amide bonds. The van der Waals surface area contributed by atoms with E-state index in [1.165, 1.54) is 17.5 Å². The largest absolute Gasteiger partial charge is 0.492 e. The fourth-order valence-corrected chi connectivity index (χ4v) is 2.77. The molecule has 0 unspecified atom stereocenters. The van der Waals surface area contributed by atoms with Gasteiger partial charge in [0.05, 0.1) is 6.10 Å². The van der Waals surface area contributed by atoms with E-state index >= 15 is 0 Å². The molecule has 0 heterocycles. The van der Waals surface area contributed by atoms with E-state index in [-0.39, 0.29) is 24.6 Å². The summed E-state index contributed by atoms with van der Waals surface area (Å²) < 4.78 is 5.85. The molecular formula is C16H26ClNO2. The van der Waals surface area contributed by atoms with Crippen molar-refractivity contribution in [2.24, 2.45) is 0 Å². The second-order valence-electron chi connectivity index (χ2n) is 5.48. The summed E-state index contributed by atoms with van der Waals surface area (Å²) in [4.78, 5) is 0. The Morgan fingerprint density at radius 1 is 1.20 bits per heavy atom. The molecule has 0 radical (unpaired) electrons. The summed E-state index contributed by atoms with van der Waals surface area (Å²) in [5, 5.41) is 13.3. The average molecular weight is 300 g/mol. The van der Waals surface area contributed by atoms with E-state index < -0.39 is 0 Å². The SMILES string of the molecule is Cc1cccc(C)c1OCCN[C@@H]1CCCC[C@H]1O.Cl. The zero-order valence-corrected chi connectivity index (χ0v) is 13.2. The third kappa shape index (κ3) is 4.65. The minimum Gasteiger partial charge on any atom is -0.492 e. The molecule has 1 fully saturated rings. The van der Waals surface area contributed by atoms with Crippen molar-refractivity contribution < 1.29 is 9.84 Å². The lowest BCUT2D eigenvalue weighted by atomic mass is 9.93. The Bertz CT molecular complexity index is 391. The zero-order valence-electron chi connectivity index (χ0n) is 12.4. The Morgan fingerprint density at radius 2 is 1.85 bits per heavy atom. The van der Waals surface area contributed by atoms with Crippen molar-refractivity contribution in [3.8, 4) is 5.75 Å². The normalized spacial score (nSPS) is 22.1. The van der Waals surface area contributed by atoms with Crippen LogP contribution in [0.3, 0.4) is 0 Å². The minimum atomic E-state index is -0.186. The van der Waals surface area contributed by atoms with Crippen LogP contribution in [0.1, 0.15) is 36.8 Å². The average Bonchev–Trinajstić information content (AvgIpc) is 2.39. The van der Waals surface area contributed by atoms with Crippen LogP contribution < -0.4 is 10.1 Å². The number of aryl methyl sites for hydroxylation is 2. The van der Waals surface area contributed by atoms with Crippen molar-refractivity contribution in [3.63, 3.8) is 0 Å². The minimum absolute atomic E-state index is 0. The van der Waals surface area contributed by atoms with Gasteiger partial charge in [0.15, 0.2) is 0 Å². The van der Waals surface area contributed by atoms with Crippen LogP contribution in [-0.4, -0.2) is 30.4 Å². The van der Waals surface area contributed by atoms with Gasteiger partial charge in [-0.25, -0.2) is 0 Å². The fourth-order valence-electron chi connectivity index (χ4n) is 2.77. The number of ether oxygens (including phenoxy) is 1. The fraction of sp³-hybridized carbons (Fsp3) is 0.625. The van der Waals surface area contributed by atoms with Crippen LogP contribution in [-0.2, 0) is 0 Å². The number of aliphatic hydroxyl groups excluding tert-OH is 1. The van der Waals surface area contributed by atoms with Crippen LogP contribution >= 0.6 is 12.4 Å². The van der Waals surface area contributed by atoms with Gasteiger partial charge in [-0.1, -0.05) is 31.0 Å². The first-order valence-electron chi connectivity index (χ1n) is 7.29. The van der Waals surface area contributed by atoms with Crippen molar-refractivity contribution in [1.82, 2.24) is 5.32 Å². The molecule has 2 N–H and O–H groups in total. The van der Waals surface area contributed by atoms with Crippen molar-refractivity contribution in [1.29, 1.82) is 0 Å². The first kappa shape index (κ1) is 17.3. The molecule has 1 aliphatic rings. The molecule has 1 aromatic rings. The molecule has 2 rings (SSSR count). The number of para-hydroxylation sites is 1. The Morgan fingerprint density at radius 3 is 2.50 bits per heavy atom. The van der Waals surface area contributed by atoms with Crippen molar-refractivity contribution in [2.45, 2.75) is 51.7 Å². The van der Waals surface area contributed by atoms with Gasteiger partial charge in [0.1, 0.15) is 12.4 Å². The highest BCUT2D eigenvalue weighted by Gasteiger charge is 2.21. The summed E-state index contributed by atoms with van der Waals surface area (Å²) in [6.07, 6.45) is 4.18. The van der Waals surface area contributed by atoms with Crippen LogP contribution in [0.15, 0.2) is 18.2 Å².